The van der Waals surface area contributed by atoms with Crippen molar-refractivity contribution < 1.29 is 14.8 Å². The largest absolute Gasteiger partial charge is 0.488 e. The number of hydrogen-bond donors (Lipinski definition) is 2. The number of rotatable bonds is 7. The summed E-state index contributed by atoms with van der Waals surface area (Å²) in [7, 11) is -1.40. The molecule has 4 heteroatoms. The molecule has 0 bridgehead atoms. The van der Waals surface area contributed by atoms with E-state index in [1.807, 2.05) is 18.2 Å². The summed E-state index contributed by atoms with van der Waals surface area (Å²) in [4.78, 5) is 0. The number of benzene rings is 1. The molecule has 106 valence electrons. The van der Waals surface area contributed by atoms with Crippen molar-refractivity contribution in [3.05, 3.63) is 29.8 Å². The van der Waals surface area contributed by atoms with E-state index in [0.717, 1.165) is 25.0 Å². The number of hydrogen-bond acceptors (Lipinski definition) is 3. The summed E-state index contributed by atoms with van der Waals surface area (Å²) in [6, 6.07) is 7.33. The smallest absolute Gasteiger partial charge is 0.423 e. The molecule has 19 heavy (non-hydrogen) atoms. The summed E-state index contributed by atoms with van der Waals surface area (Å²) in [6.45, 7) is 8.17. The summed E-state index contributed by atoms with van der Waals surface area (Å²) in [5, 5.41) is 18.2. The van der Waals surface area contributed by atoms with Crippen molar-refractivity contribution in [2.75, 3.05) is 13.2 Å². The summed E-state index contributed by atoms with van der Waals surface area (Å²) < 4.78 is 5.61. The van der Waals surface area contributed by atoms with Gasteiger partial charge in [-0.1, -0.05) is 45.0 Å². The van der Waals surface area contributed by atoms with Crippen LogP contribution in [0.1, 0.15) is 39.2 Å². The van der Waals surface area contributed by atoms with Crippen molar-refractivity contribution in [3.8, 4) is 0 Å². The second kappa shape index (κ2) is 7.68. The zero-order valence-corrected chi connectivity index (χ0v) is 12.2. The van der Waals surface area contributed by atoms with E-state index < -0.39 is 7.12 Å². The maximum absolute atomic E-state index is 9.09. The van der Waals surface area contributed by atoms with Crippen LogP contribution < -0.4 is 5.46 Å². The lowest BCUT2D eigenvalue weighted by Gasteiger charge is -2.17. The molecular weight excluding hydrogens is 239 g/mol. The quantitative estimate of drug-likeness (QED) is 0.582. The van der Waals surface area contributed by atoms with Crippen molar-refractivity contribution in [1.29, 1.82) is 0 Å². The Morgan fingerprint density at radius 3 is 2.53 bits per heavy atom. The molecule has 1 rings (SSSR count). The third-order valence-electron chi connectivity index (χ3n) is 3.00. The summed E-state index contributed by atoms with van der Waals surface area (Å²) in [5.74, 6) is 0. The van der Waals surface area contributed by atoms with Crippen LogP contribution in [0.5, 0.6) is 0 Å². The fraction of sp³-hybridized carbons (Fsp3) is 0.600. The van der Waals surface area contributed by atoms with Crippen molar-refractivity contribution in [2.24, 2.45) is 5.41 Å². The Balaban J connectivity index is 2.21. The molecule has 0 radical (unpaired) electrons. The Bertz CT molecular complexity index is 372. The average Bonchev–Trinajstić information content (AvgIpc) is 2.32. The van der Waals surface area contributed by atoms with Crippen molar-refractivity contribution >= 4 is 12.6 Å². The molecule has 0 amide bonds. The molecule has 1 aromatic rings. The molecule has 0 unspecified atom stereocenters. The second-order valence-electron chi connectivity index (χ2n) is 6.15. The Morgan fingerprint density at radius 1 is 1.16 bits per heavy atom. The fourth-order valence-corrected chi connectivity index (χ4v) is 1.91. The van der Waals surface area contributed by atoms with E-state index in [2.05, 4.69) is 20.8 Å². The van der Waals surface area contributed by atoms with Gasteiger partial charge in [-0.2, -0.15) is 0 Å². The van der Waals surface area contributed by atoms with Gasteiger partial charge < -0.3 is 14.8 Å². The van der Waals surface area contributed by atoms with Gasteiger partial charge in [-0.25, -0.2) is 0 Å². The Labute approximate surface area is 116 Å². The molecular formula is C15H25BO3. The lowest BCUT2D eigenvalue weighted by Crippen LogP contribution is -2.29. The maximum atomic E-state index is 9.09. The van der Waals surface area contributed by atoms with Crippen LogP contribution in [0.3, 0.4) is 0 Å². The van der Waals surface area contributed by atoms with E-state index in [1.165, 1.54) is 6.42 Å². The van der Waals surface area contributed by atoms with Crippen LogP contribution in [0.15, 0.2) is 24.3 Å². The van der Waals surface area contributed by atoms with Gasteiger partial charge in [-0.05, 0) is 35.7 Å². The van der Waals surface area contributed by atoms with Gasteiger partial charge in [0.25, 0.3) is 0 Å². The van der Waals surface area contributed by atoms with Crippen LogP contribution in [-0.4, -0.2) is 30.4 Å². The van der Waals surface area contributed by atoms with Crippen LogP contribution >= 0.6 is 0 Å². The molecule has 0 heterocycles. The van der Waals surface area contributed by atoms with Crippen LogP contribution in [0.2, 0.25) is 0 Å². The minimum atomic E-state index is -1.40. The maximum Gasteiger partial charge on any atom is 0.488 e. The molecule has 3 nitrogen and oxygen atoms in total. The highest BCUT2D eigenvalue weighted by molar-refractivity contribution is 6.58. The minimum Gasteiger partial charge on any atom is -0.423 e. The fourth-order valence-electron chi connectivity index (χ4n) is 1.91. The third kappa shape index (κ3) is 7.36. The topological polar surface area (TPSA) is 49.7 Å². The van der Waals surface area contributed by atoms with Crippen molar-refractivity contribution in [1.82, 2.24) is 0 Å². The number of ether oxygens (including phenoxy) is 1. The van der Waals surface area contributed by atoms with Gasteiger partial charge in [0.15, 0.2) is 0 Å². The summed E-state index contributed by atoms with van der Waals surface area (Å²) in [6.07, 6.45) is 3.05. The van der Waals surface area contributed by atoms with E-state index in [1.54, 1.807) is 6.07 Å². The van der Waals surface area contributed by atoms with Gasteiger partial charge in [-0.15, -0.1) is 0 Å². The van der Waals surface area contributed by atoms with Gasteiger partial charge >= 0.3 is 7.12 Å². The molecule has 1 aromatic carbocycles. The third-order valence-corrected chi connectivity index (χ3v) is 3.00. The van der Waals surface area contributed by atoms with Gasteiger partial charge in [0, 0.05) is 6.61 Å². The normalized spacial score (nSPS) is 11.6. The first-order valence-electron chi connectivity index (χ1n) is 6.91. The molecule has 0 aliphatic rings. The van der Waals surface area contributed by atoms with Crippen LogP contribution in [-0.2, 0) is 11.2 Å². The Hall–Kier alpha value is -0.835. The highest BCUT2D eigenvalue weighted by Crippen LogP contribution is 2.20. The predicted octanol–water partition coefficient (Wildman–Crippen LogP) is 1.75. The first kappa shape index (κ1) is 16.2. The molecule has 2 N–H and O–H groups in total. The van der Waals surface area contributed by atoms with Gasteiger partial charge in [-0.3, -0.25) is 0 Å². The Morgan fingerprint density at radius 2 is 1.89 bits per heavy atom. The highest BCUT2D eigenvalue weighted by Gasteiger charge is 2.11. The zero-order valence-electron chi connectivity index (χ0n) is 12.2. The first-order chi connectivity index (χ1) is 8.88. The highest BCUT2D eigenvalue weighted by atomic mass is 16.5. The summed E-state index contributed by atoms with van der Waals surface area (Å²) >= 11 is 0. The monoisotopic (exact) mass is 264 g/mol. The molecule has 0 aliphatic heterocycles. The van der Waals surface area contributed by atoms with E-state index in [-0.39, 0.29) is 0 Å². The SMILES string of the molecule is CC(C)(C)CCCOCCc1cccc(B(O)O)c1. The van der Waals surface area contributed by atoms with Gasteiger partial charge in [0.2, 0.25) is 0 Å². The first-order valence-corrected chi connectivity index (χ1v) is 6.91. The van der Waals surface area contributed by atoms with E-state index in [9.17, 15) is 0 Å². The van der Waals surface area contributed by atoms with E-state index >= 15 is 0 Å². The lowest BCUT2D eigenvalue weighted by molar-refractivity contribution is 0.125. The molecule has 0 saturated carbocycles. The van der Waals surface area contributed by atoms with E-state index in [0.29, 0.717) is 17.5 Å². The summed E-state index contributed by atoms with van der Waals surface area (Å²) in [5.41, 5.74) is 1.97. The zero-order chi connectivity index (χ0) is 14.3. The molecule has 0 atom stereocenters. The molecule has 0 fully saturated rings. The van der Waals surface area contributed by atoms with E-state index in [4.69, 9.17) is 14.8 Å². The van der Waals surface area contributed by atoms with Crippen molar-refractivity contribution in [2.45, 2.75) is 40.0 Å². The van der Waals surface area contributed by atoms with Crippen LogP contribution in [0.25, 0.3) is 0 Å². The van der Waals surface area contributed by atoms with Crippen LogP contribution in [0.4, 0.5) is 0 Å². The average molecular weight is 264 g/mol. The second-order valence-corrected chi connectivity index (χ2v) is 6.15. The Kier molecular flexibility index (Phi) is 6.56. The van der Waals surface area contributed by atoms with Gasteiger partial charge in [0.1, 0.15) is 0 Å². The van der Waals surface area contributed by atoms with Gasteiger partial charge in [0.05, 0.1) is 6.61 Å². The van der Waals surface area contributed by atoms with Crippen LogP contribution in [0, 0.1) is 5.41 Å². The lowest BCUT2D eigenvalue weighted by atomic mass is 9.79. The van der Waals surface area contributed by atoms with Crippen molar-refractivity contribution in [3.63, 3.8) is 0 Å². The molecule has 0 aromatic heterocycles. The standard InChI is InChI=1S/C15H25BO3/c1-15(2,3)9-5-10-19-11-8-13-6-4-7-14(12-13)16(17)18/h4,6-7,12,17-18H,5,8-11H2,1-3H3. The molecule has 0 saturated heterocycles. The molecule has 0 aliphatic carbocycles. The predicted molar refractivity (Wildman–Crippen MR) is 79.5 cm³/mol. The minimum absolute atomic E-state index is 0.370. The molecule has 0 spiro atoms.